The first-order chi connectivity index (χ1) is 9.49. The summed E-state index contributed by atoms with van der Waals surface area (Å²) in [5.41, 5.74) is -1.06. The number of rotatable bonds is 4. The number of carbonyl (C=O) groups excluding carboxylic acids is 2. The van der Waals surface area contributed by atoms with Gasteiger partial charge in [0.2, 0.25) is 5.91 Å². The minimum absolute atomic E-state index is 0.0325. The molecule has 1 aromatic rings. The van der Waals surface area contributed by atoms with Gasteiger partial charge in [-0.15, -0.1) is 0 Å². The quantitative estimate of drug-likeness (QED) is 0.630. The van der Waals surface area contributed by atoms with Crippen LogP contribution in [0.4, 0.5) is 0 Å². The van der Waals surface area contributed by atoms with Crippen molar-refractivity contribution in [3.05, 3.63) is 32.6 Å². The fourth-order valence-electron chi connectivity index (χ4n) is 1.16. The smallest absolute Gasteiger partial charge is 0.325 e. The highest BCUT2D eigenvalue weighted by molar-refractivity contribution is 8.13. The van der Waals surface area contributed by atoms with Crippen LogP contribution in [0.25, 0.3) is 0 Å². The molecular weight excluding hydrogens is 282 g/mol. The predicted molar refractivity (Wildman–Crippen MR) is 75.3 cm³/mol. The zero-order chi connectivity index (χ0) is 15.0. The molecule has 3 N–H and O–H groups in total. The van der Waals surface area contributed by atoms with Crippen LogP contribution in [0.2, 0.25) is 0 Å². The molecule has 1 heterocycles. The summed E-state index contributed by atoms with van der Waals surface area (Å²) in [4.78, 5) is 48.3. The lowest BCUT2D eigenvalue weighted by Gasteiger charge is -1.99. The summed E-state index contributed by atoms with van der Waals surface area (Å²) in [6, 6.07) is 0. The van der Waals surface area contributed by atoms with Crippen LogP contribution in [0.15, 0.2) is 15.8 Å². The molecule has 0 saturated carbocycles. The lowest BCUT2D eigenvalue weighted by atomic mass is 10.3. The van der Waals surface area contributed by atoms with Gasteiger partial charge >= 0.3 is 5.69 Å². The van der Waals surface area contributed by atoms with E-state index < -0.39 is 11.2 Å². The fourth-order valence-corrected chi connectivity index (χ4v) is 1.74. The van der Waals surface area contributed by atoms with Crippen molar-refractivity contribution in [2.45, 2.75) is 13.3 Å². The predicted octanol–water partition coefficient (Wildman–Crippen LogP) is -0.799. The number of hydrogen-bond donors (Lipinski definition) is 3. The summed E-state index contributed by atoms with van der Waals surface area (Å²) < 4.78 is 0. The average Bonchev–Trinajstić information content (AvgIpc) is 2.36. The fraction of sp³-hybridized carbons (Fsp3) is 0.333. The third-order valence-corrected chi connectivity index (χ3v) is 2.87. The van der Waals surface area contributed by atoms with Gasteiger partial charge in [-0.05, 0) is 0 Å². The molecule has 0 fully saturated rings. The van der Waals surface area contributed by atoms with E-state index in [9.17, 15) is 19.2 Å². The number of hydrogen-bond acceptors (Lipinski definition) is 5. The Labute approximate surface area is 118 Å². The Hall–Kier alpha value is -2.27. The number of thioether (sulfide) groups is 1. The van der Waals surface area contributed by atoms with Gasteiger partial charge in [-0.2, -0.15) is 0 Å². The van der Waals surface area contributed by atoms with Gasteiger partial charge in [0.05, 0.1) is 6.54 Å². The Bertz CT molecular complexity index is 666. The van der Waals surface area contributed by atoms with Crippen molar-refractivity contribution in [2.75, 3.05) is 12.3 Å². The normalized spacial score (nSPS) is 9.45. The summed E-state index contributed by atoms with van der Waals surface area (Å²) in [5.74, 6) is 5.33. The Morgan fingerprint density at radius 2 is 2.15 bits per heavy atom. The van der Waals surface area contributed by atoms with E-state index in [-0.39, 0.29) is 29.6 Å². The molecule has 1 amide bonds. The highest BCUT2D eigenvalue weighted by Gasteiger charge is 2.01. The summed E-state index contributed by atoms with van der Waals surface area (Å²) in [6.07, 6.45) is 1.44. The van der Waals surface area contributed by atoms with Gasteiger partial charge in [0.25, 0.3) is 5.56 Å². The van der Waals surface area contributed by atoms with Crippen LogP contribution in [-0.2, 0) is 9.59 Å². The van der Waals surface area contributed by atoms with Crippen LogP contribution >= 0.6 is 11.8 Å². The van der Waals surface area contributed by atoms with Crippen molar-refractivity contribution in [1.82, 2.24) is 15.3 Å². The maximum atomic E-state index is 11.3. The van der Waals surface area contributed by atoms with Crippen molar-refractivity contribution in [2.24, 2.45) is 0 Å². The van der Waals surface area contributed by atoms with E-state index in [0.29, 0.717) is 5.75 Å². The van der Waals surface area contributed by atoms with Gasteiger partial charge in [0, 0.05) is 25.3 Å². The SMILES string of the molecule is CC(=O)SCCC(=O)NCC#Cc1c[nH]c(=O)[nH]c1=O. The molecule has 0 aliphatic rings. The molecule has 0 spiro atoms. The highest BCUT2D eigenvalue weighted by atomic mass is 32.2. The Morgan fingerprint density at radius 1 is 1.40 bits per heavy atom. The van der Waals surface area contributed by atoms with Gasteiger partial charge in [-0.1, -0.05) is 23.6 Å². The van der Waals surface area contributed by atoms with Gasteiger partial charge in [0.15, 0.2) is 5.12 Å². The number of aromatic amines is 2. The number of carbonyl (C=O) groups is 2. The third kappa shape index (κ3) is 6.06. The van der Waals surface area contributed by atoms with Crippen LogP contribution < -0.4 is 16.6 Å². The standard InChI is InChI=1S/C12H13N3O4S/c1-8(16)20-6-4-10(17)13-5-2-3-9-7-14-12(19)15-11(9)18/h7H,4-6H2,1H3,(H,13,17)(H2,14,15,18,19). The lowest BCUT2D eigenvalue weighted by Crippen LogP contribution is -2.25. The van der Waals surface area contributed by atoms with Gasteiger partial charge < -0.3 is 10.3 Å². The molecule has 0 aliphatic carbocycles. The highest BCUT2D eigenvalue weighted by Crippen LogP contribution is 2.02. The second-order valence-corrected chi connectivity index (χ2v) is 4.93. The first-order valence-corrected chi connectivity index (χ1v) is 6.68. The van der Waals surface area contributed by atoms with Crippen molar-refractivity contribution >= 4 is 22.8 Å². The molecule has 0 aromatic carbocycles. The summed E-state index contributed by atoms with van der Waals surface area (Å²) in [5, 5.41) is 2.50. The molecule has 8 heteroatoms. The lowest BCUT2D eigenvalue weighted by molar-refractivity contribution is -0.120. The number of amides is 1. The molecule has 0 atom stereocenters. The molecule has 106 valence electrons. The molecule has 0 unspecified atom stereocenters. The van der Waals surface area contributed by atoms with Crippen LogP contribution in [0, 0.1) is 11.8 Å². The van der Waals surface area contributed by atoms with Crippen LogP contribution in [0.5, 0.6) is 0 Å². The topological polar surface area (TPSA) is 112 Å². The first-order valence-electron chi connectivity index (χ1n) is 5.70. The minimum atomic E-state index is -0.600. The second kappa shape index (κ2) is 8.01. The van der Waals surface area contributed by atoms with Crippen LogP contribution in [-0.4, -0.2) is 33.3 Å². The van der Waals surface area contributed by atoms with Crippen LogP contribution in [0.1, 0.15) is 18.9 Å². The average molecular weight is 295 g/mol. The zero-order valence-corrected chi connectivity index (χ0v) is 11.6. The Balaban J connectivity index is 2.39. The van der Waals surface area contributed by atoms with Gasteiger partial charge in [-0.3, -0.25) is 19.4 Å². The van der Waals surface area contributed by atoms with Gasteiger partial charge in [-0.25, -0.2) is 4.79 Å². The van der Waals surface area contributed by atoms with E-state index in [0.717, 1.165) is 11.8 Å². The Kier molecular flexibility index (Phi) is 6.32. The molecule has 1 rings (SSSR count). The van der Waals surface area contributed by atoms with E-state index in [1.54, 1.807) is 0 Å². The van der Waals surface area contributed by atoms with Crippen molar-refractivity contribution in [3.63, 3.8) is 0 Å². The van der Waals surface area contributed by atoms with Crippen molar-refractivity contribution in [3.8, 4) is 11.8 Å². The summed E-state index contributed by atoms with van der Waals surface area (Å²) >= 11 is 1.08. The van der Waals surface area contributed by atoms with E-state index in [1.165, 1.54) is 13.1 Å². The van der Waals surface area contributed by atoms with E-state index in [2.05, 4.69) is 22.1 Å². The number of nitrogens with one attached hydrogen (secondary N) is 3. The molecule has 1 aromatic heterocycles. The molecule has 0 saturated heterocycles. The van der Waals surface area contributed by atoms with E-state index >= 15 is 0 Å². The molecule has 20 heavy (non-hydrogen) atoms. The van der Waals surface area contributed by atoms with Crippen molar-refractivity contribution < 1.29 is 9.59 Å². The zero-order valence-electron chi connectivity index (χ0n) is 10.7. The van der Waals surface area contributed by atoms with Crippen molar-refractivity contribution in [1.29, 1.82) is 0 Å². The van der Waals surface area contributed by atoms with E-state index in [1.807, 2.05) is 4.98 Å². The summed E-state index contributed by atoms with van der Waals surface area (Å²) in [7, 11) is 0. The second-order valence-electron chi connectivity index (χ2n) is 3.65. The summed E-state index contributed by atoms with van der Waals surface area (Å²) in [6.45, 7) is 1.53. The molecule has 7 nitrogen and oxygen atoms in total. The molecule has 0 bridgehead atoms. The Morgan fingerprint density at radius 3 is 2.80 bits per heavy atom. The van der Waals surface area contributed by atoms with Crippen LogP contribution in [0.3, 0.4) is 0 Å². The van der Waals surface area contributed by atoms with Gasteiger partial charge in [0.1, 0.15) is 5.56 Å². The minimum Gasteiger partial charge on any atom is -0.345 e. The largest absolute Gasteiger partial charge is 0.345 e. The van der Waals surface area contributed by atoms with E-state index in [4.69, 9.17) is 0 Å². The number of H-pyrrole nitrogens is 2. The maximum Gasteiger partial charge on any atom is 0.325 e. The molecule has 0 aliphatic heterocycles. The maximum absolute atomic E-state index is 11.3. The first kappa shape index (κ1) is 15.8. The molecular formula is C12H13N3O4S. The number of aromatic nitrogens is 2. The monoisotopic (exact) mass is 295 g/mol. The molecule has 0 radical (unpaired) electrons. The third-order valence-electron chi connectivity index (χ3n) is 2.05.